The largest absolute Gasteiger partial charge is 0.317 e. The maximum Gasteiger partial charge on any atom is 0.0104 e. The van der Waals surface area contributed by atoms with Crippen molar-refractivity contribution in [2.75, 3.05) is 7.05 Å². The maximum absolute atomic E-state index is 3.31. The first-order valence-electron chi connectivity index (χ1n) is 5.01. The zero-order chi connectivity index (χ0) is 9.68. The predicted octanol–water partition coefficient (Wildman–Crippen LogP) is 2.79. The molecule has 0 heterocycles. The average Bonchev–Trinajstić information content (AvgIpc) is 2.20. The quantitative estimate of drug-likeness (QED) is 0.745. The van der Waals surface area contributed by atoms with Gasteiger partial charge in [0, 0.05) is 6.04 Å². The van der Waals surface area contributed by atoms with Crippen LogP contribution in [-0.4, -0.2) is 13.1 Å². The number of benzene rings is 1. The van der Waals surface area contributed by atoms with E-state index in [0.717, 1.165) is 0 Å². The van der Waals surface area contributed by atoms with Gasteiger partial charge in [0.2, 0.25) is 0 Å². The fourth-order valence-corrected chi connectivity index (χ4v) is 1.78. The molecule has 0 fully saturated rings. The number of rotatable bonds is 4. The van der Waals surface area contributed by atoms with Crippen molar-refractivity contribution >= 4 is 0 Å². The highest BCUT2D eigenvalue weighted by Crippen LogP contribution is 2.22. The van der Waals surface area contributed by atoms with Gasteiger partial charge in [-0.15, -0.1) is 0 Å². The van der Waals surface area contributed by atoms with Crippen LogP contribution in [0, 0.1) is 0 Å². The van der Waals surface area contributed by atoms with E-state index in [2.05, 4.69) is 49.5 Å². The van der Waals surface area contributed by atoms with E-state index in [1.807, 2.05) is 7.05 Å². The smallest absolute Gasteiger partial charge is 0.0104 e. The van der Waals surface area contributed by atoms with E-state index >= 15 is 0 Å². The molecule has 0 aliphatic carbocycles. The van der Waals surface area contributed by atoms with Gasteiger partial charge in [-0.2, -0.15) is 0 Å². The van der Waals surface area contributed by atoms with Crippen LogP contribution >= 0.6 is 0 Å². The van der Waals surface area contributed by atoms with Gasteiger partial charge < -0.3 is 5.32 Å². The monoisotopic (exact) mass is 177 g/mol. The summed E-state index contributed by atoms with van der Waals surface area (Å²) in [7, 11) is 2.02. The van der Waals surface area contributed by atoms with Crippen LogP contribution in [0.3, 0.4) is 0 Å². The van der Waals surface area contributed by atoms with E-state index in [1.165, 1.54) is 12.0 Å². The molecule has 0 saturated carbocycles. The Morgan fingerprint density at radius 1 is 1.23 bits per heavy atom. The predicted molar refractivity (Wildman–Crippen MR) is 58.0 cm³/mol. The van der Waals surface area contributed by atoms with Crippen molar-refractivity contribution in [2.24, 2.45) is 0 Å². The zero-order valence-corrected chi connectivity index (χ0v) is 8.75. The maximum atomic E-state index is 3.31. The third kappa shape index (κ3) is 2.56. The fraction of sp³-hybridized carbons (Fsp3) is 0.500. The molecule has 1 heteroatoms. The molecule has 0 aliphatic rings. The van der Waals surface area contributed by atoms with E-state index in [4.69, 9.17) is 0 Å². The second kappa shape index (κ2) is 5.03. The average molecular weight is 177 g/mol. The molecule has 1 nitrogen and oxygen atoms in total. The highest BCUT2D eigenvalue weighted by molar-refractivity contribution is 5.20. The van der Waals surface area contributed by atoms with Crippen molar-refractivity contribution in [1.82, 2.24) is 5.32 Å². The van der Waals surface area contributed by atoms with E-state index < -0.39 is 0 Å². The molecule has 72 valence electrons. The van der Waals surface area contributed by atoms with Crippen molar-refractivity contribution in [3.8, 4) is 0 Å². The van der Waals surface area contributed by atoms with Crippen LogP contribution in [0.1, 0.15) is 31.7 Å². The summed E-state index contributed by atoms with van der Waals surface area (Å²) < 4.78 is 0. The molecule has 1 N–H and O–H groups in total. The molecule has 1 rings (SSSR count). The van der Waals surface area contributed by atoms with Crippen LogP contribution in [0.25, 0.3) is 0 Å². The van der Waals surface area contributed by atoms with Gasteiger partial charge in [0.15, 0.2) is 0 Å². The van der Waals surface area contributed by atoms with Gasteiger partial charge in [-0.1, -0.05) is 37.3 Å². The minimum absolute atomic E-state index is 0.549. The molecule has 2 atom stereocenters. The molecular weight excluding hydrogens is 158 g/mol. The van der Waals surface area contributed by atoms with Gasteiger partial charge in [0.05, 0.1) is 0 Å². The fourth-order valence-electron chi connectivity index (χ4n) is 1.78. The van der Waals surface area contributed by atoms with Gasteiger partial charge in [0.1, 0.15) is 0 Å². The molecule has 1 aromatic rings. The summed E-state index contributed by atoms with van der Waals surface area (Å²) in [4.78, 5) is 0. The normalized spacial score (nSPS) is 15.3. The molecule has 0 bridgehead atoms. The van der Waals surface area contributed by atoms with Gasteiger partial charge in [-0.3, -0.25) is 0 Å². The van der Waals surface area contributed by atoms with Crippen LogP contribution in [0.15, 0.2) is 30.3 Å². The minimum Gasteiger partial charge on any atom is -0.317 e. The van der Waals surface area contributed by atoms with Crippen LogP contribution in [0.4, 0.5) is 0 Å². The minimum atomic E-state index is 0.549. The summed E-state index contributed by atoms with van der Waals surface area (Å²) in [5.41, 5.74) is 1.44. The summed E-state index contributed by atoms with van der Waals surface area (Å²) in [5.74, 6) is 0.631. The van der Waals surface area contributed by atoms with Gasteiger partial charge in [0.25, 0.3) is 0 Å². The van der Waals surface area contributed by atoms with Gasteiger partial charge >= 0.3 is 0 Å². The number of hydrogen-bond donors (Lipinski definition) is 1. The molecule has 0 amide bonds. The highest BCUT2D eigenvalue weighted by Gasteiger charge is 2.14. The first-order valence-corrected chi connectivity index (χ1v) is 5.01. The molecule has 0 aromatic heterocycles. The van der Waals surface area contributed by atoms with Crippen molar-refractivity contribution in [3.63, 3.8) is 0 Å². The lowest BCUT2D eigenvalue weighted by Gasteiger charge is -2.22. The summed E-state index contributed by atoms with van der Waals surface area (Å²) in [6.07, 6.45) is 1.19. The van der Waals surface area contributed by atoms with Gasteiger partial charge in [-0.25, -0.2) is 0 Å². The first-order chi connectivity index (χ1) is 6.29. The van der Waals surface area contributed by atoms with E-state index in [-0.39, 0.29) is 0 Å². The molecular formula is C12H19N. The third-order valence-electron chi connectivity index (χ3n) is 2.73. The lowest BCUT2D eigenvalue weighted by Crippen LogP contribution is -2.28. The second-order valence-corrected chi connectivity index (χ2v) is 3.50. The number of likely N-dealkylation sites (N-methyl/N-ethyl adjacent to an activating group) is 1. The third-order valence-corrected chi connectivity index (χ3v) is 2.73. The van der Waals surface area contributed by atoms with E-state index in [0.29, 0.717) is 12.0 Å². The Hall–Kier alpha value is -0.820. The summed E-state index contributed by atoms with van der Waals surface area (Å²) in [6, 6.07) is 11.3. The Balaban J connectivity index is 2.78. The summed E-state index contributed by atoms with van der Waals surface area (Å²) in [5, 5.41) is 3.31. The molecule has 0 aliphatic heterocycles. The van der Waals surface area contributed by atoms with Crippen LogP contribution < -0.4 is 5.32 Å². The lowest BCUT2D eigenvalue weighted by molar-refractivity contribution is 0.483. The molecule has 0 spiro atoms. The molecule has 1 aromatic carbocycles. The lowest BCUT2D eigenvalue weighted by atomic mass is 9.90. The van der Waals surface area contributed by atoms with Crippen molar-refractivity contribution in [2.45, 2.75) is 32.2 Å². The Labute approximate surface area is 81.2 Å². The standard InChI is InChI=1S/C12H19N/c1-4-12(10(2)13-3)11-8-6-5-7-9-11/h5-10,12-13H,4H2,1-3H3. The van der Waals surface area contributed by atoms with Crippen LogP contribution in [0.5, 0.6) is 0 Å². The summed E-state index contributed by atoms with van der Waals surface area (Å²) >= 11 is 0. The number of nitrogens with one attached hydrogen (secondary N) is 1. The Morgan fingerprint density at radius 2 is 1.85 bits per heavy atom. The highest BCUT2D eigenvalue weighted by atomic mass is 14.9. The van der Waals surface area contributed by atoms with E-state index in [1.54, 1.807) is 0 Å². The SMILES string of the molecule is CCC(c1ccccc1)C(C)NC. The zero-order valence-electron chi connectivity index (χ0n) is 8.75. The second-order valence-electron chi connectivity index (χ2n) is 3.50. The Kier molecular flexibility index (Phi) is 3.97. The van der Waals surface area contributed by atoms with Crippen LogP contribution in [0.2, 0.25) is 0 Å². The molecule has 2 unspecified atom stereocenters. The van der Waals surface area contributed by atoms with Crippen molar-refractivity contribution < 1.29 is 0 Å². The van der Waals surface area contributed by atoms with Gasteiger partial charge in [-0.05, 0) is 31.9 Å². The first kappa shape index (κ1) is 10.3. The molecule has 0 saturated heterocycles. The van der Waals surface area contributed by atoms with Crippen LogP contribution in [-0.2, 0) is 0 Å². The van der Waals surface area contributed by atoms with Crippen molar-refractivity contribution in [3.05, 3.63) is 35.9 Å². The molecule has 13 heavy (non-hydrogen) atoms. The van der Waals surface area contributed by atoms with Crippen molar-refractivity contribution in [1.29, 1.82) is 0 Å². The topological polar surface area (TPSA) is 12.0 Å². The summed E-state index contributed by atoms with van der Waals surface area (Å²) in [6.45, 7) is 4.48. The molecule has 0 radical (unpaired) electrons. The number of hydrogen-bond acceptors (Lipinski definition) is 1. The Morgan fingerprint density at radius 3 is 2.31 bits per heavy atom. The van der Waals surface area contributed by atoms with E-state index in [9.17, 15) is 0 Å². The Bertz CT molecular complexity index is 230.